The Morgan fingerprint density at radius 2 is 1.96 bits per heavy atom. The van der Waals surface area contributed by atoms with E-state index >= 15 is 0 Å². The highest BCUT2D eigenvalue weighted by Crippen LogP contribution is 2.30. The molecule has 1 aliphatic rings. The topological polar surface area (TPSA) is 95.7 Å². The standard InChI is InChI=1S/C19H18N2O5S/c1-27(23,24)14-4-2-3-13(11-14)18-19-15(5-6-20-18)16(22)12-17(26-19)21-7-9-25-10-8-21/h2-6,11-12H,7-10H2,1H3. The lowest BCUT2D eigenvalue weighted by Gasteiger charge is -2.27. The molecule has 8 heteroatoms. The molecule has 7 nitrogen and oxygen atoms in total. The maximum absolute atomic E-state index is 12.6. The van der Waals surface area contributed by atoms with Crippen LogP contribution in [0.1, 0.15) is 0 Å². The molecule has 3 aromatic rings. The first kappa shape index (κ1) is 17.8. The fourth-order valence-electron chi connectivity index (χ4n) is 3.09. The van der Waals surface area contributed by atoms with Gasteiger partial charge >= 0.3 is 0 Å². The molecule has 27 heavy (non-hydrogen) atoms. The van der Waals surface area contributed by atoms with Crippen molar-refractivity contribution in [3.8, 4) is 11.3 Å². The molecule has 1 aromatic carbocycles. The molecule has 0 N–H and O–H groups in total. The maximum atomic E-state index is 12.6. The zero-order chi connectivity index (χ0) is 19.0. The van der Waals surface area contributed by atoms with Crippen LogP contribution < -0.4 is 10.3 Å². The summed E-state index contributed by atoms with van der Waals surface area (Å²) in [6.07, 6.45) is 2.68. The van der Waals surface area contributed by atoms with E-state index < -0.39 is 10.2 Å². The highest BCUT2D eigenvalue weighted by molar-refractivity contribution is 7.97. The van der Waals surface area contributed by atoms with Crippen molar-refractivity contribution in [2.45, 2.75) is 4.90 Å². The molecular formula is C19H18N2O5S. The average molecular weight is 386 g/mol. The molecule has 1 unspecified atom stereocenters. The first-order chi connectivity index (χ1) is 12.9. The van der Waals surface area contributed by atoms with Gasteiger partial charge in [-0.25, -0.2) is 0 Å². The van der Waals surface area contributed by atoms with Crippen molar-refractivity contribution in [1.29, 1.82) is 0 Å². The van der Waals surface area contributed by atoms with Crippen LogP contribution in [0, 0.1) is 0 Å². The molecule has 140 valence electrons. The number of anilines is 1. The lowest BCUT2D eigenvalue weighted by atomic mass is 10.1. The number of sulfone groups is 1. The van der Waals surface area contributed by atoms with E-state index in [1.165, 1.54) is 18.3 Å². The summed E-state index contributed by atoms with van der Waals surface area (Å²) in [6.45, 7) is 2.40. The third-order valence-electron chi connectivity index (χ3n) is 4.49. The van der Waals surface area contributed by atoms with Gasteiger partial charge in [0.15, 0.2) is 21.8 Å². The number of ether oxygens (including phenoxy) is 1. The summed E-state index contributed by atoms with van der Waals surface area (Å²) in [5.41, 5.74) is 1.19. The fourth-order valence-corrected chi connectivity index (χ4v) is 3.76. The van der Waals surface area contributed by atoms with Gasteiger partial charge in [-0.15, -0.1) is 4.21 Å². The zero-order valence-electron chi connectivity index (χ0n) is 14.7. The number of nitrogens with zero attached hydrogens (tertiary/aromatic N) is 2. The van der Waals surface area contributed by atoms with Gasteiger partial charge in [-0.2, -0.15) is 0 Å². The van der Waals surface area contributed by atoms with E-state index in [0.29, 0.717) is 54.4 Å². The van der Waals surface area contributed by atoms with Crippen molar-refractivity contribution in [3.63, 3.8) is 0 Å². The molecule has 1 aliphatic heterocycles. The summed E-state index contributed by atoms with van der Waals surface area (Å²) in [7, 11) is -3.36. The number of morpholine rings is 1. The van der Waals surface area contributed by atoms with Gasteiger partial charge in [0.05, 0.1) is 28.8 Å². The van der Waals surface area contributed by atoms with Crippen LogP contribution in [0.3, 0.4) is 0 Å². The fraction of sp³-hybridized carbons (Fsp3) is 0.263. The first-order valence-corrected chi connectivity index (χ1v) is 10.4. The summed E-state index contributed by atoms with van der Waals surface area (Å²) in [5.74, 6) is 0.462. The smallest absolute Gasteiger partial charge is 0.200 e. The lowest BCUT2D eigenvalue weighted by Crippen LogP contribution is -2.36. The number of rotatable bonds is 3. The predicted octanol–water partition coefficient (Wildman–Crippen LogP) is 2.31. The molecule has 0 aliphatic carbocycles. The van der Waals surface area contributed by atoms with E-state index in [4.69, 9.17) is 9.15 Å². The largest absolute Gasteiger partial charge is 0.610 e. The molecule has 1 atom stereocenters. The summed E-state index contributed by atoms with van der Waals surface area (Å²) < 4.78 is 35.2. The number of pyridine rings is 1. The normalized spacial score (nSPS) is 17.0. The number of hydrogen-bond acceptors (Lipinski definition) is 7. The van der Waals surface area contributed by atoms with E-state index in [2.05, 4.69) is 4.98 Å². The summed E-state index contributed by atoms with van der Waals surface area (Å²) in [6, 6.07) is 9.55. The molecule has 0 bridgehead atoms. The quantitative estimate of drug-likeness (QED) is 0.637. The third-order valence-corrected chi connectivity index (χ3v) is 5.60. The van der Waals surface area contributed by atoms with Crippen molar-refractivity contribution >= 4 is 27.1 Å². The molecule has 1 saturated heterocycles. The van der Waals surface area contributed by atoms with Crippen molar-refractivity contribution in [2.24, 2.45) is 0 Å². The third kappa shape index (κ3) is 3.51. The summed E-state index contributed by atoms with van der Waals surface area (Å²) in [5, 5.41) is 0.404. The monoisotopic (exact) mass is 386 g/mol. The highest BCUT2D eigenvalue weighted by Gasteiger charge is 2.19. The van der Waals surface area contributed by atoms with Crippen molar-refractivity contribution in [3.05, 3.63) is 52.8 Å². The molecule has 4 rings (SSSR count). The maximum Gasteiger partial charge on any atom is 0.200 e. The lowest BCUT2D eigenvalue weighted by molar-refractivity contribution is 0.121. The number of hydrogen-bond donors (Lipinski definition) is 0. The number of aromatic nitrogens is 1. The van der Waals surface area contributed by atoms with E-state index in [1.807, 2.05) is 4.90 Å². The van der Waals surface area contributed by atoms with Gasteiger partial charge in [0, 0.05) is 37.0 Å². The molecule has 0 amide bonds. The van der Waals surface area contributed by atoms with Crippen LogP contribution in [0.4, 0.5) is 5.88 Å². The Balaban J connectivity index is 1.90. The zero-order valence-corrected chi connectivity index (χ0v) is 15.5. The van der Waals surface area contributed by atoms with Gasteiger partial charge in [-0.1, -0.05) is 12.1 Å². The molecule has 1 fully saturated rings. The first-order valence-electron chi connectivity index (χ1n) is 8.49. The van der Waals surface area contributed by atoms with Crippen molar-refractivity contribution in [1.82, 2.24) is 4.98 Å². The molecule has 0 radical (unpaired) electrons. The predicted molar refractivity (Wildman–Crippen MR) is 102 cm³/mol. The molecule has 3 heterocycles. The van der Waals surface area contributed by atoms with Crippen LogP contribution in [0.25, 0.3) is 22.2 Å². The van der Waals surface area contributed by atoms with Crippen LogP contribution >= 0.6 is 0 Å². The Hall–Kier alpha value is -2.55. The van der Waals surface area contributed by atoms with Gasteiger partial charge in [-0.3, -0.25) is 9.78 Å². The van der Waals surface area contributed by atoms with Crippen LogP contribution in [-0.4, -0.2) is 42.1 Å². The SMILES string of the molecule is C[S+](=O)([O-])c1cccc(-c2nccc3c(=O)cc(N4CCOCC4)oc23)c1. The Kier molecular flexibility index (Phi) is 4.55. The highest BCUT2D eigenvalue weighted by atomic mass is 32.3. The second-order valence-electron chi connectivity index (χ2n) is 6.38. The molecular weight excluding hydrogens is 368 g/mol. The van der Waals surface area contributed by atoms with E-state index in [1.54, 1.807) is 24.3 Å². The average Bonchev–Trinajstić information content (AvgIpc) is 2.68. The molecule has 0 spiro atoms. The summed E-state index contributed by atoms with van der Waals surface area (Å²) in [4.78, 5) is 19.1. The van der Waals surface area contributed by atoms with Gasteiger partial charge < -0.3 is 18.6 Å². The van der Waals surface area contributed by atoms with E-state index in [9.17, 15) is 13.6 Å². The second-order valence-corrected chi connectivity index (χ2v) is 8.40. The van der Waals surface area contributed by atoms with E-state index in [0.717, 1.165) is 6.26 Å². The van der Waals surface area contributed by atoms with Crippen LogP contribution in [-0.2, 0) is 19.2 Å². The van der Waals surface area contributed by atoms with Gasteiger partial charge in [-0.05, 0) is 12.1 Å². The van der Waals surface area contributed by atoms with Crippen LogP contribution in [0.2, 0.25) is 0 Å². The minimum absolute atomic E-state index is 0.166. The number of benzene rings is 1. The minimum Gasteiger partial charge on any atom is -0.610 e. The number of fused-ring (bicyclic) bond motifs is 1. The van der Waals surface area contributed by atoms with Gasteiger partial charge in [0.2, 0.25) is 0 Å². The Bertz CT molecular complexity index is 1100. The minimum atomic E-state index is -3.36. The van der Waals surface area contributed by atoms with Crippen LogP contribution in [0.5, 0.6) is 0 Å². The van der Waals surface area contributed by atoms with Crippen molar-refractivity contribution < 1.29 is 17.9 Å². The Labute approximate surface area is 156 Å². The summed E-state index contributed by atoms with van der Waals surface area (Å²) >= 11 is 0. The van der Waals surface area contributed by atoms with Crippen LogP contribution in [0.15, 0.2) is 56.7 Å². The van der Waals surface area contributed by atoms with Gasteiger partial charge in [0.1, 0.15) is 11.9 Å². The van der Waals surface area contributed by atoms with Crippen molar-refractivity contribution in [2.75, 3.05) is 37.5 Å². The Morgan fingerprint density at radius 1 is 1.19 bits per heavy atom. The second kappa shape index (κ2) is 6.88. The molecule has 0 saturated carbocycles. The Morgan fingerprint density at radius 3 is 2.70 bits per heavy atom. The van der Waals surface area contributed by atoms with E-state index in [-0.39, 0.29) is 10.3 Å². The molecule has 2 aromatic heterocycles. The van der Waals surface area contributed by atoms with Gasteiger partial charge in [0.25, 0.3) is 0 Å².